The molecule has 1 unspecified atom stereocenters. The maximum absolute atomic E-state index is 14.4. The van der Waals surface area contributed by atoms with E-state index in [4.69, 9.17) is 0 Å². The first-order chi connectivity index (χ1) is 18.2. The molecule has 1 aliphatic rings. The van der Waals surface area contributed by atoms with Gasteiger partial charge >= 0.3 is 0 Å². The Hall–Kier alpha value is -2.47. The Morgan fingerprint density at radius 3 is 2.45 bits per heavy atom. The molecule has 38 heavy (non-hydrogen) atoms. The number of hydrogen-bond acceptors (Lipinski definition) is 6. The molecule has 1 aromatic heterocycles. The number of halogens is 2. The number of nitrogens with zero attached hydrogens (tertiary/aromatic N) is 4. The number of carbonyl (C=O) groups is 1. The first-order valence-electron chi connectivity index (χ1n) is 13.1. The summed E-state index contributed by atoms with van der Waals surface area (Å²) in [6, 6.07) is 7.93. The molecule has 0 aliphatic carbocycles. The van der Waals surface area contributed by atoms with Crippen LogP contribution in [0.4, 0.5) is 13.9 Å². The smallest absolute Gasteiger partial charge is 0.260 e. The van der Waals surface area contributed by atoms with Gasteiger partial charge in [-0.2, -0.15) is 4.31 Å². The van der Waals surface area contributed by atoms with Gasteiger partial charge in [-0.15, -0.1) is 0 Å². The van der Waals surface area contributed by atoms with Crippen LogP contribution < -0.4 is 4.90 Å². The van der Waals surface area contributed by atoms with E-state index in [0.29, 0.717) is 23.4 Å². The van der Waals surface area contributed by atoms with E-state index in [-0.39, 0.29) is 34.0 Å². The van der Waals surface area contributed by atoms with Crippen molar-refractivity contribution in [2.24, 2.45) is 0 Å². The predicted octanol–water partition coefficient (Wildman–Crippen LogP) is 5.52. The predicted molar refractivity (Wildman–Crippen MR) is 147 cm³/mol. The molecule has 2 aromatic carbocycles. The number of rotatable bonds is 10. The average Bonchev–Trinajstić information content (AvgIpc) is 3.35. The summed E-state index contributed by atoms with van der Waals surface area (Å²) in [4.78, 5) is 21.8. The first kappa shape index (κ1) is 28.5. The minimum atomic E-state index is -3.68. The van der Waals surface area contributed by atoms with Crippen molar-refractivity contribution >= 4 is 42.6 Å². The third-order valence-electron chi connectivity index (χ3n) is 7.16. The van der Waals surface area contributed by atoms with Crippen LogP contribution in [0.15, 0.2) is 41.3 Å². The number of amides is 1. The van der Waals surface area contributed by atoms with E-state index in [9.17, 15) is 22.0 Å². The van der Waals surface area contributed by atoms with Crippen LogP contribution in [0.25, 0.3) is 10.2 Å². The normalized spacial score (nSPS) is 16.8. The fourth-order valence-corrected chi connectivity index (χ4v) is 7.68. The zero-order valence-corrected chi connectivity index (χ0v) is 23.6. The molecular weight excluding hydrogens is 530 g/mol. The van der Waals surface area contributed by atoms with Gasteiger partial charge in [-0.05, 0) is 62.7 Å². The lowest BCUT2D eigenvalue weighted by molar-refractivity contribution is 0.0983. The molecule has 11 heteroatoms. The second-order valence-electron chi connectivity index (χ2n) is 9.41. The Kier molecular flexibility index (Phi) is 9.12. The van der Waals surface area contributed by atoms with Gasteiger partial charge in [0, 0.05) is 37.3 Å². The third-order valence-corrected chi connectivity index (χ3v) is 10.2. The maximum Gasteiger partial charge on any atom is 0.260 e. The van der Waals surface area contributed by atoms with Gasteiger partial charge in [0.2, 0.25) is 10.0 Å². The van der Waals surface area contributed by atoms with Crippen LogP contribution in [0.3, 0.4) is 0 Å². The Morgan fingerprint density at radius 1 is 1.08 bits per heavy atom. The third kappa shape index (κ3) is 5.90. The van der Waals surface area contributed by atoms with Crippen molar-refractivity contribution in [3.05, 3.63) is 53.6 Å². The Labute approximate surface area is 227 Å². The van der Waals surface area contributed by atoms with E-state index >= 15 is 0 Å². The first-order valence-corrected chi connectivity index (χ1v) is 15.4. The summed E-state index contributed by atoms with van der Waals surface area (Å²) in [5.41, 5.74) is 0.306. The molecule has 1 atom stereocenters. The van der Waals surface area contributed by atoms with Gasteiger partial charge in [0.1, 0.15) is 11.3 Å². The van der Waals surface area contributed by atoms with Gasteiger partial charge in [-0.1, -0.05) is 38.5 Å². The Morgan fingerprint density at radius 2 is 1.79 bits per heavy atom. The van der Waals surface area contributed by atoms with Gasteiger partial charge in [0.15, 0.2) is 10.9 Å². The number of hydrogen-bond donors (Lipinski definition) is 0. The minimum Gasteiger partial charge on any atom is -0.302 e. The highest BCUT2D eigenvalue weighted by Gasteiger charge is 2.33. The molecular formula is C27H34F2N4O3S2. The van der Waals surface area contributed by atoms with Crippen molar-refractivity contribution in [3.8, 4) is 0 Å². The second kappa shape index (κ2) is 12.1. The molecule has 0 bridgehead atoms. The van der Waals surface area contributed by atoms with Gasteiger partial charge in [0.25, 0.3) is 5.91 Å². The molecule has 4 rings (SSSR count). The zero-order valence-electron chi connectivity index (χ0n) is 22.0. The molecule has 0 radical (unpaired) electrons. The lowest BCUT2D eigenvalue weighted by Crippen LogP contribution is -2.43. The maximum atomic E-state index is 14.4. The van der Waals surface area contributed by atoms with E-state index in [1.54, 1.807) is 4.31 Å². The highest BCUT2D eigenvalue weighted by Crippen LogP contribution is 2.32. The number of sulfonamides is 1. The molecule has 2 heterocycles. The number of carbonyl (C=O) groups excluding carboxylic acids is 1. The standard InChI is InChI=1S/C27H34F2N4O3S2/c1-4-21-9-7-8-14-33(21)38(35,36)22-12-10-19(11-13-22)26(34)32(16-15-31(5-2)6-3)27-30-25-23(29)17-20(28)18-24(25)37-27/h10-13,17-18,21H,4-9,14-16H2,1-3H3. The zero-order chi connectivity index (χ0) is 27.4. The fourth-order valence-electron chi connectivity index (χ4n) is 4.89. The summed E-state index contributed by atoms with van der Waals surface area (Å²) < 4.78 is 56.7. The van der Waals surface area contributed by atoms with E-state index in [1.165, 1.54) is 35.2 Å². The fraction of sp³-hybridized carbons (Fsp3) is 0.481. The molecule has 0 saturated carbocycles. The average molecular weight is 565 g/mol. The van der Waals surface area contributed by atoms with Crippen LogP contribution >= 0.6 is 11.3 Å². The number of fused-ring (bicyclic) bond motifs is 1. The number of anilines is 1. The quantitative estimate of drug-likeness (QED) is 0.324. The monoisotopic (exact) mass is 564 g/mol. The summed E-state index contributed by atoms with van der Waals surface area (Å²) in [5, 5.41) is 0.262. The van der Waals surface area contributed by atoms with Crippen LogP contribution in [0.1, 0.15) is 56.8 Å². The summed E-state index contributed by atoms with van der Waals surface area (Å²) in [6.45, 7) is 8.97. The molecule has 1 aliphatic heterocycles. The lowest BCUT2D eigenvalue weighted by atomic mass is 10.0. The van der Waals surface area contributed by atoms with Crippen LogP contribution in [0, 0.1) is 11.6 Å². The molecule has 7 nitrogen and oxygen atoms in total. The number of likely N-dealkylation sites (N-methyl/N-ethyl adjacent to an activating group) is 1. The van der Waals surface area contributed by atoms with Crippen molar-refractivity contribution in [1.82, 2.24) is 14.2 Å². The number of piperidine rings is 1. The SMILES string of the molecule is CCC1CCCCN1S(=O)(=O)c1ccc(C(=O)N(CCN(CC)CC)c2nc3c(F)cc(F)cc3s2)cc1. The molecule has 0 spiro atoms. The van der Waals surface area contributed by atoms with Crippen molar-refractivity contribution in [1.29, 1.82) is 0 Å². The van der Waals surface area contributed by atoms with Gasteiger partial charge in [0.05, 0.1) is 9.60 Å². The van der Waals surface area contributed by atoms with Crippen LogP contribution in [0.5, 0.6) is 0 Å². The van der Waals surface area contributed by atoms with Crippen LogP contribution in [0.2, 0.25) is 0 Å². The summed E-state index contributed by atoms with van der Waals surface area (Å²) in [7, 11) is -3.68. The van der Waals surface area contributed by atoms with E-state index in [1.807, 2.05) is 20.8 Å². The lowest BCUT2D eigenvalue weighted by Gasteiger charge is -2.34. The van der Waals surface area contributed by atoms with Crippen LogP contribution in [-0.4, -0.2) is 67.3 Å². The van der Waals surface area contributed by atoms with Crippen molar-refractivity contribution < 1.29 is 22.0 Å². The molecule has 1 saturated heterocycles. The molecule has 1 amide bonds. The summed E-state index contributed by atoms with van der Waals surface area (Å²) >= 11 is 1.05. The van der Waals surface area contributed by atoms with Crippen LogP contribution in [-0.2, 0) is 10.0 Å². The topological polar surface area (TPSA) is 73.8 Å². The summed E-state index contributed by atoms with van der Waals surface area (Å²) in [5.74, 6) is -1.87. The number of aromatic nitrogens is 1. The second-order valence-corrected chi connectivity index (χ2v) is 12.3. The summed E-state index contributed by atoms with van der Waals surface area (Å²) in [6.07, 6.45) is 3.45. The van der Waals surface area contributed by atoms with Crippen molar-refractivity contribution in [2.75, 3.05) is 37.6 Å². The van der Waals surface area contributed by atoms with Gasteiger partial charge < -0.3 is 4.90 Å². The number of benzene rings is 2. The molecule has 0 N–H and O–H groups in total. The Bertz CT molecular complexity index is 1370. The highest BCUT2D eigenvalue weighted by atomic mass is 32.2. The molecule has 3 aromatic rings. The molecule has 206 valence electrons. The van der Waals surface area contributed by atoms with E-state index < -0.39 is 21.7 Å². The van der Waals surface area contributed by atoms with E-state index in [0.717, 1.165) is 56.2 Å². The van der Waals surface area contributed by atoms with Crippen molar-refractivity contribution in [2.45, 2.75) is 57.4 Å². The highest BCUT2D eigenvalue weighted by molar-refractivity contribution is 7.89. The number of thiazole rings is 1. The minimum absolute atomic E-state index is 0.0143. The molecule has 1 fully saturated rings. The Balaban J connectivity index is 1.64. The van der Waals surface area contributed by atoms with E-state index in [2.05, 4.69) is 9.88 Å². The van der Waals surface area contributed by atoms with Crippen molar-refractivity contribution in [3.63, 3.8) is 0 Å². The largest absolute Gasteiger partial charge is 0.302 e. The van der Waals surface area contributed by atoms with Gasteiger partial charge in [-0.3, -0.25) is 9.69 Å². The van der Waals surface area contributed by atoms with Gasteiger partial charge in [-0.25, -0.2) is 22.2 Å².